The average Bonchev–Trinajstić information content (AvgIpc) is 3.28. The number of nitrogens with one attached hydrogen (secondary N) is 2. The quantitative estimate of drug-likeness (QED) is 0.172. The molecule has 240 valence electrons. The second-order valence-electron chi connectivity index (χ2n) is 10.4. The number of hydrogen-bond acceptors (Lipinski definition) is 6. The monoisotopic (exact) mass is 674 g/mol. The van der Waals surface area contributed by atoms with Crippen LogP contribution in [0.1, 0.15) is 28.8 Å². The summed E-state index contributed by atoms with van der Waals surface area (Å²) in [6, 6.07) is 11.0. The molecule has 1 amide bonds. The Labute approximate surface area is 263 Å². The number of amides is 1. The van der Waals surface area contributed by atoms with Crippen molar-refractivity contribution in [2.24, 2.45) is 18.7 Å². The third-order valence-electron chi connectivity index (χ3n) is 7.52. The number of benzene rings is 3. The summed E-state index contributed by atoms with van der Waals surface area (Å²) < 4.78 is 83.4. The van der Waals surface area contributed by atoms with E-state index in [0.717, 1.165) is 12.1 Å². The van der Waals surface area contributed by atoms with Crippen molar-refractivity contribution in [1.82, 2.24) is 9.55 Å². The first-order chi connectivity index (χ1) is 21.1. The van der Waals surface area contributed by atoms with E-state index in [0.29, 0.717) is 44.0 Å². The van der Waals surface area contributed by atoms with Crippen LogP contribution in [0.4, 0.5) is 49.4 Å². The van der Waals surface area contributed by atoms with E-state index in [4.69, 9.17) is 28.9 Å². The maximum Gasteiger partial charge on any atom is 0.573 e. The van der Waals surface area contributed by atoms with Crippen LogP contribution in [-0.2, 0) is 13.6 Å². The molecule has 1 saturated heterocycles. The summed E-state index contributed by atoms with van der Waals surface area (Å²) in [4.78, 5) is 19.9. The first-order valence-corrected chi connectivity index (χ1v) is 14.3. The number of halogens is 8. The number of anilines is 4. The fourth-order valence-corrected chi connectivity index (χ4v) is 5.69. The molecular formula is C29H26Cl2F6N6O2. The minimum Gasteiger partial charge on any atom is -0.406 e. The standard InChI is InChI=1S/C29H26Cl2F6N6O2/c1-42-23-13-22(43-10-8-16(9-11-43)28(32,33)34)19(26(44)39-17-3-5-18(6-4-17)45-29(35,36)37)12-21(23)40-27(42)41-25-20(30)7-2-15(14-38)24(25)31/h2-7,12-13,16H,8-11,14,38H2,1H3,(H,39,44)(H,40,41). The van der Waals surface area contributed by atoms with Crippen LogP contribution >= 0.6 is 23.2 Å². The summed E-state index contributed by atoms with van der Waals surface area (Å²) in [5.74, 6) is -2.27. The van der Waals surface area contributed by atoms with Crippen LogP contribution in [0.25, 0.3) is 11.0 Å². The van der Waals surface area contributed by atoms with Gasteiger partial charge in [0.25, 0.3) is 5.91 Å². The minimum atomic E-state index is -4.88. The van der Waals surface area contributed by atoms with Crippen LogP contribution < -0.4 is 26.0 Å². The maximum absolute atomic E-state index is 13.6. The zero-order valence-corrected chi connectivity index (χ0v) is 25.0. The molecule has 0 saturated carbocycles. The Kier molecular flexibility index (Phi) is 9.02. The molecule has 1 aliphatic rings. The van der Waals surface area contributed by atoms with E-state index in [1.54, 1.807) is 34.7 Å². The van der Waals surface area contributed by atoms with Gasteiger partial charge in [-0.2, -0.15) is 13.2 Å². The second-order valence-corrected chi connectivity index (χ2v) is 11.2. The van der Waals surface area contributed by atoms with E-state index in [-0.39, 0.29) is 43.7 Å². The van der Waals surface area contributed by atoms with Gasteiger partial charge in [-0.25, -0.2) is 4.98 Å². The average molecular weight is 675 g/mol. The smallest absolute Gasteiger partial charge is 0.406 e. The van der Waals surface area contributed by atoms with Gasteiger partial charge in [-0.1, -0.05) is 29.3 Å². The van der Waals surface area contributed by atoms with Gasteiger partial charge in [0.2, 0.25) is 5.95 Å². The molecule has 0 unspecified atom stereocenters. The number of fused-ring (bicyclic) bond motifs is 1. The highest BCUT2D eigenvalue weighted by Crippen LogP contribution is 2.39. The Morgan fingerprint density at radius 3 is 2.31 bits per heavy atom. The molecule has 0 spiro atoms. The fourth-order valence-electron chi connectivity index (χ4n) is 5.15. The molecular weight excluding hydrogens is 649 g/mol. The van der Waals surface area contributed by atoms with E-state index in [1.165, 1.54) is 18.2 Å². The van der Waals surface area contributed by atoms with Gasteiger partial charge in [-0.05, 0) is 60.9 Å². The highest BCUT2D eigenvalue weighted by molar-refractivity contribution is 6.39. The van der Waals surface area contributed by atoms with Gasteiger partial charge < -0.3 is 30.6 Å². The molecule has 0 atom stereocenters. The number of rotatable bonds is 7. The molecule has 4 aromatic rings. The number of aromatic nitrogens is 2. The molecule has 1 aromatic heterocycles. The second kappa shape index (κ2) is 12.5. The Hall–Kier alpha value is -3.88. The molecule has 3 aromatic carbocycles. The number of imidazole rings is 1. The lowest BCUT2D eigenvalue weighted by atomic mass is 9.95. The van der Waals surface area contributed by atoms with E-state index in [9.17, 15) is 31.1 Å². The SMILES string of the molecule is Cn1c(Nc2c(Cl)ccc(CN)c2Cl)nc2cc(C(=O)Nc3ccc(OC(F)(F)F)cc3)c(N3CCC(C(F)(F)F)CC3)cc21. The zero-order valence-electron chi connectivity index (χ0n) is 23.5. The number of alkyl halides is 6. The largest absolute Gasteiger partial charge is 0.573 e. The Morgan fingerprint density at radius 1 is 1.04 bits per heavy atom. The molecule has 0 radical (unpaired) electrons. The van der Waals surface area contributed by atoms with Crippen molar-refractivity contribution in [1.29, 1.82) is 0 Å². The third-order valence-corrected chi connectivity index (χ3v) is 8.26. The van der Waals surface area contributed by atoms with Crippen LogP contribution in [0.3, 0.4) is 0 Å². The Balaban J connectivity index is 1.51. The first-order valence-electron chi connectivity index (χ1n) is 13.6. The van der Waals surface area contributed by atoms with Gasteiger partial charge in [-0.3, -0.25) is 4.79 Å². The predicted molar refractivity (Wildman–Crippen MR) is 160 cm³/mol. The molecule has 8 nitrogen and oxygen atoms in total. The molecule has 1 aliphatic heterocycles. The van der Waals surface area contributed by atoms with Gasteiger partial charge in [0.15, 0.2) is 0 Å². The molecule has 0 bridgehead atoms. The van der Waals surface area contributed by atoms with Crippen LogP contribution in [0.2, 0.25) is 10.0 Å². The number of nitrogens with two attached hydrogens (primary N) is 1. The van der Waals surface area contributed by atoms with Gasteiger partial charge in [0.1, 0.15) is 5.75 Å². The number of nitrogens with zero attached hydrogens (tertiary/aromatic N) is 3. The van der Waals surface area contributed by atoms with Crippen LogP contribution in [-0.4, -0.2) is 41.1 Å². The lowest BCUT2D eigenvalue weighted by Crippen LogP contribution is -2.39. The summed E-state index contributed by atoms with van der Waals surface area (Å²) in [6.45, 7) is 0.247. The van der Waals surface area contributed by atoms with Crippen molar-refractivity contribution in [3.63, 3.8) is 0 Å². The maximum atomic E-state index is 13.6. The molecule has 45 heavy (non-hydrogen) atoms. The lowest BCUT2D eigenvalue weighted by Gasteiger charge is -2.35. The van der Waals surface area contributed by atoms with Crippen LogP contribution in [0.5, 0.6) is 5.75 Å². The van der Waals surface area contributed by atoms with Crippen molar-refractivity contribution in [2.45, 2.75) is 31.9 Å². The van der Waals surface area contributed by atoms with E-state index in [2.05, 4.69) is 20.4 Å². The summed E-state index contributed by atoms with van der Waals surface area (Å²) in [5, 5.41) is 6.35. The number of hydrogen-bond donors (Lipinski definition) is 3. The summed E-state index contributed by atoms with van der Waals surface area (Å²) in [6.07, 6.45) is -9.52. The van der Waals surface area contributed by atoms with E-state index < -0.39 is 30.1 Å². The van der Waals surface area contributed by atoms with Crippen molar-refractivity contribution < 1.29 is 35.9 Å². The van der Waals surface area contributed by atoms with Gasteiger partial charge >= 0.3 is 12.5 Å². The third kappa shape index (κ3) is 7.18. The molecule has 1 fully saturated rings. The first kappa shape index (κ1) is 32.5. The number of carbonyl (C=O) groups excluding carboxylic acids is 1. The predicted octanol–water partition coefficient (Wildman–Crippen LogP) is 8.01. The normalized spacial score (nSPS) is 14.6. The number of piperidine rings is 1. The zero-order chi connectivity index (χ0) is 32.7. The highest BCUT2D eigenvalue weighted by Gasteiger charge is 2.41. The van der Waals surface area contributed by atoms with Crippen molar-refractivity contribution in [3.8, 4) is 5.75 Å². The molecule has 0 aliphatic carbocycles. The Bertz CT molecular complexity index is 1720. The van der Waals surface area contributed by atoms with Crippen molar-refractivity contribution in [3.05, 3.63) is 69.7 Å². The van der Waals surface area contributed by atoms with Crippen molar-refractivity contribution >= 4 is 63.2 Å². The summed E-state index contributed by atoms with van der Waals surface area (Å²) in [5.41, 5.74) is 8.35. The number of carbonyl (C=O) groups is 1. The topological polar surface area (TPSA) is 97.4 Å². The van der Waals surface area contributed by atoms with Crippen molar-refractivity contribution in [2.75, 3.05) is 28.6 Å². The van der Waals surface area contributed by atoms with Crippen LogP contribution in [0.15, 0.2) is 48.5 Å². The molecule has 5 rings (SSSR count). The van der Waals surface area contributed by atoms with Gasteiger partial charge in [0, 0.05) is 32.4 Å². The molecule has 2 heterocycles. The lowest BCUT2D eigenvalue weighted by molar-refractivity contribution is -0.274. The highest BCUT2D eigenvalue weighted by atomic mass is 35.5. The summed E-state index contributed by atoms with van der Waals surface area (Å²) in [7, 11) is 1.70. The molecule has 4 N–H and O–H groups in total. The number of ether oxygens (including phenoxy) is 1. The Morgan fingerprint density at radius 2 is 1.71 bits per heavy atom. The number of aryl methyl sites for hydroxylation is 1. The van der Waals surface area contributed by atoms with Crippen LogP contribution in [0, 0.1) is 5.92 Å². The van der Waals surface area contributed by atoms with E-state index >= 15 is 0 Å². The minimum absolute atomic E-state index is 0.0412. The van der Waals surface area contributed by atoms with E-state index in [1.807, 2.05) is 0 Å². The summed E-state index contributed by atoms with van der Waals surface area (Å²) >= 11 is 12.9. The van der Waals surface area contributed by atoms with Gasteiger partial charge in [0.05, 0.1) is 43.9 Å². The fraction of sp³-hybridized carbons (Fsp3) is 0.310. The van der Waals surface area contributed by atoms with Gasteiger partial charge in [-0.15, -0.1) is 13.2 Å². The molecule has 16 heteroatoms.